The molecule has 0 spiro atoms. The highest BCUT2D eigenvalue weighted by Gasteiger charge is 2.17. The minimum absolute atomic E-state index is 0. The van der Waals surface area contributed by atoms with Gasteiger partial charge in [-0.1, -0.05) is 13.8 Å². The predicted molar refractivity (Wildman–Crippen MR) is 134 cm³/mol. The van der Waals surface area contributed by atoms with Crippen molar-refractivity contribution in [2.45, 2.75) is 20.3 Å². The minimum Gasteiger partial charge on any atom is -0.361 e. The number of benzene rings is 1. The lowest BCUT2D eigenvalue weighted by molar-refractivity contribution is 0.124. The lowest BCUT2D eigenvalue weighted by atomic mass is 10.1. The number of hydrogen-bond acceptors (Lipinski definition) is 3. The second-order valence-electron chi connectivity index (χ2n) is 7.97. The van der Waals surface area contributed by atoms with Gasteiger partial charge >= 0.3 is 0 Å². The number of hydrogen-bond donors (Lipinski definition) is 3. The Morgan fingerprint density at radius 3 is 2.63 bits per heavy atom. The molecule has 0 aliphatic carbocycles. The number of likely N-dealkylation sites (N-methyl/N-ethyl adjacent to an activating group) is 1. The standard InChI is InChI=1S/C22H35FN6.HI/c1-4-28-9-11-29(12-10-28)16-17(2)14-27-22(24-3)25-8-7-18-15-26-21-13-19(23)5-6-20(18)21;/h5-6,13,15,17,26H,4,7-12,14,16H2,1-3H3,(H2,24,25,27);1H. The summed E-state index contributed by atoms with van der Waals surface area (Å²) in [5.41, 5.74) is 2.03. The summed E-state index contributed by atoms with van der Waals surface area (Å²) in [7, 11) is 1.80. The van der Waals surface area contributed by atoms with Crippen LogP contribution in [0, 0.1) is 11.7 Å². The van der Waals surface area contributed by atoms with Crippen molar-refractivity contribution in [1.29, 1.82) is 0 Å². The Kier molecular flexibility index (Phi) is 10.3. The summed E-state index contributed by atoms with van der Waals surface area (Å²) in [6, 6.07) is 4.89. The number of fused-ring (bicyclic) bond motifs is 1. The molecule has 0 radical (unpaired) electrons. The Hall–Kier alpha value is -1.39. The van der Waals surface area contributed by atoms with Crippen LogP contribution in [0.1, 0.15) is 19.4 Å². The molecule has 3 rings (SSSR count). The van der Waals surface area contributed by atoms with Crippen LogP contribution < -0.4 is 10.6 Å². The molecule has 2 heterocycles. The van der Waals surface area contributed by atoms with Crippen LogP contribution in [0.2, 0.25) is 0 Å². The van der Waals surface area contributed by atoms with Gasteiger partial charge in [0, 0.05) is 70.0 Å². The summed E-state index contributed by atoms with van der Waals surface area (Å²) in [4.78, 5) is 12.6. The van der Waals surface area contributed by atoms with E-state index in [0.29, 0.717) is 5.92 Å². The van der Waals surface area contributed by atoms with Gasteiger partial charge in [0.05, 0.1) is 0 Å². The van der Waals surface area contributed by atoms with E-state index in [2.05, 4.69) is 44.3 Å². The van der Waals surface area contributed by atoms with Crippen molar-refractivity contribution in [3.8, 4) is 0 Å². The van der Waals surface area contributed by atoms with Crippen molar-refractivity contribution in [2.24, 2.45) is 10.9 Å². The molecule has 6 nitrogen and oxygen atoms in total. The van der Waals surface area contributed by atoms with E-state index in [1.165, 1.54) is 43.9 Å². The van der Waals surface area contributed by atoms with Gasteiger partial charge < -0.3 is 25.4 Å². The highest BCUT2D eigenvalue weighted by Crippen LogP contribution is 2.19. The zero-order valence-electron chi connectivity index (χ0n) is 18.4. The van der Waals surface area contributed by atoms with Crippen LogP contribution in [0.3, 0.4) is 0 Å². The number of halogens is 2. The van der Waals surface area contributed by atoms with E-state index in [-0.39, 0.29) is 29.8 Å². The van der Waals surface area contributed by atoms with Gasteiger partial charge in [-0.3, -0.25) is 4.99 Å². The van der Waals surface area contributed by atoms with Crippen LogP contribution in [0.15, 0.2) is 29.4 Å². The first kappa shape index (κ1) is 24.9. The van der Waals surface area contributed by atoms with Gasteiger partial charge in [0.15, 0.2) is 5.96 Å². The van der Waals surface area contributed by atoms with Crippen LogP contribution in [0.25, 0.3) is 10.9 Å². The van der Waals surface area contributed by atoms with Gasteiger partial charge in [-0.25, -0.2) is 4.39 Å². The number of nitrogens with zero attached hydrogens (tertiary/aromatic N) is 3. The van der Waals surface area contributed by atoms with Crippen molar-refractivity contribution in [1.82, 2.24) is 25.4 Å². The second kappa shape index (κ2) is 12.5. The fourth-order valence-electron chi connectivity index (χ4n) is 3.97. The smallest absolute Gasteiger partial charge is 0.190 e. The number of aromatic amines is 1. The van der Waals surface area contributed by atoms with Crippen molar-refractivity contribution < 1.29 is 4.39 Å². The zero-order valence-corrected chi connectivity index (χ0v) is 20.7. The molecule has 1 fully saturated rings. The van der Waals surface area contributed by atoms with E-state index >= 15 is 0 Å². The molecule has 168 valence electrons. The van der Waals surface area contributed by atoms with Gasteiger partial charge in [0.2, 0.25) is 0 Å². The Morgan fingerprint density at radius 1 is 1.20 bits per heavy atom. The number of aromatic nitrogens is 1. The van der Waals surface area contributed by atoms with Crippen molar-refractivity contribution in [2.75, 3.05) is 59.4 Å². The molecular weight excluding hydrogens is 494 g/mol. The van der Waals surface area contributed by atoms with Gasteiger partial charge in [0.25, 0.3) is 0 Å². The molecule has 1 atom stereocenters. The van der Waals surface area contributed by atoms with Gasteiger partial charge in [-0.05, 0) is 42.6 Å². The Balaban J connectivity index is 0.00000320. The molecule has 1 aromatic heterocycles. The molecule has 8 heteroatoms. The van der Waals surface area contributed by atoms with E-state index in [4.69, 9.17) is 0 Å². The van der Waals surface area contributed by atoms with Crippen molar-refractivity contribution >= 4 is 40.8 Å². The van der Waals surface area contributed by atoms with Crippen LogP contribution >= 0.6 is 24.0 Å². The molecule has 1 aliphatic rings. The summed E-state index contributed by atoms with van der Waals surface area (Å²) in [5.74, 6) is 1.18. The zero-order chi connectivity index (χ0) is 20.6. The van der Waals surface area contributed by atoms with E-state index in [1.54, 1.807) is 7.05 Å². The molecule has 30 heavy (non-hydrogen) atoms. The highest BCUT2D eigenvalue weighted by molar-refractivity contribution is 14.0. The molecular formula is C22H36FIN6. The molecule has 1 aromatic carbocycles. The Labute approximate surface area is 196 Å². The normalized spacial score (nSPS) is 17.0. The molecule has 1 unspecified atom stereocenters. The second-order valence-corrected chi connectivity index (χ2v) is 7.97. The fraction of sp³-hybridized carbons (Fsp3) is 0.591. The summed E-state index contributed by atoms with van der Waals surface area (Å²) in [5, 5.41) is 7.91. The van der Waals surface area contributed by atoms with E-state index < -0.39 is 0 Å². The lowest BCUT2D eigenvalue weighted by Crippen LogP contribution is -2.48. The summed E-state index contributed by atoms with van der Waals surface area (Å²) in [6.45, 7) is 13.2. The van der Waals surface area contributed by atoms with Crippen LogP contribution in [-0.2, 0) is 6.42 Å². The summed E-state index contributed by atoms with van der Waals surface area (Å²) in [6.07, 6.45) is 2.81. The Bertz CT molecular complexity index is 800. The van der Waals surface area contributed by atoms with Crippen molar-refractivity contribution in [3.63, 3.8) is 0 Å². The molecule has 0 saturated carbocycles. The van der Waals surface area contributed by atoms with Crippen molar-refractivity contribution in [3.05, 3.63) is 35.8 Å². The van der Waals surface area contributed by atoms with Gasteiger partial charge in [-0.15, -0.1) is 24.0 Å². The van der Waals surface area contributed by atoms with Crippen LogP contribution in [-0.4, -0.2) is 80.1 Å². The van der Waals surface area contributed by atoms with Crippen LogP contribution in [0.4, 0.5) is 4.39 Å². The molecule has 1 saturated heterocycles. The van der Waals surface area contributed by atoms with Gasteiger partial charge in [-0.2, -0.15) is 0 Å². The van der Waals surface area contributed by atoms with E-state index in [1.807, 2.05) is 12.3 Å². The number of aliphatic imine (C=N–C) groups is 1. The third-order valence-electron chi connectivity index (χ3n) is 5.74. The molecule has 3 N–H and O–H groups in total. The number of rotatable bonds is 8. The topological polar surface area (TPSA) is 58.7 Å². The maximum absolute atomic E-state index is 13.3. The first-order valence-electron chi connectivity index (χ1n) is 10.7. The van der Waals surface area contributed by atoms with Gasteiger partial charge in [0.1, 0.15) is 5.82 Å². The molecule has 1 aliphatic heterocycles. The largest absolute Gasteiger partial charge is 0.361 e. The third-order valence-corrected chi connectivity index (χ3v) is 5.74. The summed E-state index contributed by atoms with van der Waals surface area (Å²) < 4.78 is 13.3. The summed E-state index contributed by atoms with van der Waals surface area (Å²) >= 11 is 0. The maximum atomic E-state index is 13.3. The third kappa shape index (κ3) is 7.09. The SMILES string of the molecule is CCN1CCN(CC(C)CNC(=NC)NCCc2c[nH]c3cc(F)ccc23)CC1.I. The number of piperazine rings is 1. The number of guanidine groups is 1. The van der Waals surface area contributed by atoms with E-state index in [0.717, 1.165) is 49.5 Å². The quantitative estimate of drug-likeness (QED) is 0.279. The van der Waals surface area contributed by atoms with E-state index in [9.17, 15) is 4.39 Å². The molecule has 0 bridgehead atoms. The highest BCUT2D eigenvalue weighted by atomic mass is 127. The lowest BCUT2D eigenvalue weighted by Gasteiger charge is -2.35. The maximum Gasteiger partial charge on any atom is 0.190 e. The first-order valence-corrected chi connectivity index (χ1v) is 10.7. The monoisotopic (exact) mass is 530 g/mol. The predicted octanol–water partition coefficient (Wildman–Crippen LogP) is 2.91. The minimum atomic E-state index is -0.213. The first-order chi connectivity index (χ1) is 14.1. The fourth-order valence-corrected chi connectivity index (χ4v) is 3.97. The average Bonchev–Trinajstić information content (AvgIpc) is 3.13. The molecule has 0 amide bonds. The number of nitrogens with one attached hydrogen (secondary N) is 3. The average molecular weight is 530 g/mol. The van der Waals surface area contributed by atoms with Crippen LogP contribution in [0.5, 0.6) is 0 Å². The number of H-pyrrole nitrogens is 1. The Morgan fingerprint density at radius 2 is 1.93 bits per heavy atom. The molecule has 2 aromatic rings.